The standard InChI is InChI=1S/C13H16BrNO2S/c1-9-8-17-10(2)7-15(9)13(16)6-4-11-3-5-12(14)18-11/h3-6,9-10H,7-8H2,1-2H3/b6-4+. The number of hydrogen-bond acceptors (Lipinski definition) is 3. The van der Waals surface area contributed by atoms with Crippen molar-refractivity contribution in [2.24, 2.45) is 0 Å². The molecule has 1 aromatic rings. The van der Waals surface area contributed by atoms with Gasteiger partial charge in [0.25, 0.3) is 0 Å². The zero-order chi connectivity index (χ0) is 13.1. The Kier molecular flexibility index (Phi) is 4.59. The van der Waals surface area contributed by atoms with E-state index in [9.17, 15) is 4.79 Å². The molecule has 1 aliphatic rings. The van der Waals surface area contributed by atoms with Crippen LogP contribution in [0.5, 0.6) is 0 Å². The van der Waals surface area contributed by atoms with Crippen LogP contribution in [0.3, 0.4) is 0 Å². The summed E-state index contributed by atoms with van der Waals surface area (Å²) in [5.41, 5.74) is 0. The van der Waals surface area contributed by atoms with Gasteiger partial charge in [-0.15, -0.1) is 11.3 Å². The number of carbonyl (C=O) groups is 1. The Morgan fingerprint density at radius 1 is 1.56 bits per heavy atom. The van der Waals surface area contributed by atoms with Crippen LogP contribution in [-0.2, 0) is 9.53 Å². The molecule has 0 aromatic carbocycles. The molecule has 1 aromatic heterocycles. The topological polar surface area (TPSA) is 29.5 Å². The fraction of sp³-hybridized carbons (Fsp3) is 0.462. The Bertz CT molecular complexity index is 458. The predicted molar refractivity (Wildman–Crippen MR) is 77.6 cm³/mol. The maximum absolute atomic E-state index is 12.1. The Balaban J connectivity index is 2.00. The molecule has 2 atom stereocenters. The smallest absolute Gasteiger partial charge is 0.247 e. The highest BCUT2D eigenvalue weighted by Crippen LogP contribution is 2.23. The second-order valence-electron chi connectivity index (χ2n) is 4.46. The summed E-state index contributed by atoms with van der Waals surface area (Å²) in [6.45, 7) is 5.29. The van der Waals surface area contributed by atoms with E-state index in [0.29, 0.717) is 13.2 Å². The third-order valence-corrected chi connectivity index (χ3v) is 4.46. The van der Waals surface area contributed by atoms with Crippen molar-refractivity contribution < 1.29 is 9.53 Å². The number of rotatable bonds is 2. The lowest BCUT2D eigenvalue weighted by Gasteiger charge is -2.36. The third-order valence-electron chi connectivity index (χ3n) is 2.88. The molecule has 0 bridgehead atoms. The summed E-state index contributed by atoms with van der Waals surface area (Å²) >= 11 is 5.02. The molecule has 0 N–H and O–H groups in total. The van der Waals surface area contributed by atoms with Crippen molar-refractivity contribution in [1.29, 1.82) is 0 Å². The first-order valence-corrected chi connectivity index (χ1v) is 7.53. The van der Waals surface area contributed by atoms with Crippen LogP contribution in [0.1, 0.15) is 18.7 Å². The van der Waals surface area contributed by atoms with Crippen molar-refractivity contribution in [2.75, 3.05) is 13.2 Å². The van der Waals surface area contributed by atoms with Crippen LogP contribution >= 0.6 is 27.3 Å². The zero-order valence-electron chi connectivity index (χ0n) is 10.4. The van der Waals surface area contributed by atoms with E-state index in [1.165, 1.54) is 0 Å². The third kappa shape index (κ3) is 3.43. The molecule has 98 valence electrons. The molecule has 18 heavy (non-hydrogen) atoms. The minimum absolute atomic E-state index is 0.0576. The number of morpholine rings is 1. The van der Waals surface area contributed by atoms with Crippen LogP contribution in [0.4, 0.5) is 0 Å². The van der Waals surface area contributed by atoms with Crippen LogP contribution in [0.2, 0.25) is 0 Å². The number of hydrogen-bond donors (Lipinski definition) is 0. The molecule has 1 amide bonds. The van der Waals surface area contributed by atoms with E-state index >= 15 is 0 Å². The van der Waals surface area contributed by atoms with Gasteiger partial charge in [-0.25, -0.2) is 0 Å². The predicted octanol–water partition coefficient (Wildman–Crippen LogP) is 3.16. The second kappa shape index (κ2) is 5.99. The Morgan fingerprint density at radius 2 is 2.33 bits per heavy atom. The van der Waals surface area contributed by atoms with Gasteiger partial charge in [0.2, 0.25) is 5.91 Å². The lowest BCUT2D eigenvalue weighted by Crippen LogP contribution is -2.49. The molecule has 0 saturated carbocycles. The minimum Gasteiger partial charge on any atom is -0.375 e. The van der Waals surface area contributed by atoms with Gasteiger partial charge in [-0.05, 0) is 48.0 Å². The molecular weight excluding hydrogens is 314 g/mol. The summed E-state index contributed by atoms with van der Waals surface area (Å²) in [5, 5.41) is 0. The molecule has 2 rings (SSSR count). The molecule has 0 aliphatic carbocycles. The quantitative estimate of drug-likeness (QED) is 0.780. The van der Waals surface area contributed by atoms with E-state index in [1.807, 2.05) is 37.0 Å². The van der Waals surface area contributed by atoms with Crippen LogP contribution in [-0.4, -0.2) is 36.1 Å². The number of ether oxygens (including phenoxy) is 1. The first kappa shape index (κ1) is 13.8. The lowest BCUT2D eigenvalue weighted by molar-refractivity contribution is -0.137. The Labute approximate surface area is 120 Å². The summed E-state index contributed by atoms with van der Waals surface area (Å²) in [4.78, 5) is 15.1. The van der Waals surface area contributed by atoms with Crippen molar-refractivity contribution in [3.63, 3.8) is 0 Å². The number of nitrogens with zero attached hydrogens (tertiary/aromatic N) is 1. The molecule has 2 unspecified atom stereocenters. The summed E-state index contributed by atoms with van der Waals surface area (Å²) < 4.78 is 6.59. The van der Waals surface area contributed by atoms with Gasteiger partial charge in [-0.3, -0.25) is 4.79 Å². The van der Waals surface area contributed by atoms with Gasteiger partial charge in [0.1, 0.15) is 0 Å². The van der Waals surface area contributed by atoms with Crippen LogP contribution in [0.25, 0.3) is 6.08 Å². The molecule has 3 nitrogen and oxygen atoms in total. The van der Waals surface area contributed by atoms with Gasteiger partial charge in [-0.2, -0.15) is 0 Å². The average molecular weight is 330 g/mol. The van der Waals surface area contributed by atoms with E-state index in [1.54, 1.807) is 17.4 Å². The highest BCUT2D eigenvalue weighted by molar-refractivity contribution is 9.11. The maximum atomic E-state index is 12.1. The van der Waals surface area contributed by atoms with Gasteiger partial charge in [0.15, 0.2) is 0 Å². The number of carbonyl (C=O) groups excluding carboxylic acids is 1. The molecule has 1 fully saturated rings. The molecule has 5 heteroatoms. The van der Waals surface area contributed by atoms with E-state index in [2.05, 4.69) is 15.9 Å². The van der Waals surface area contributed by atoms with Crippen molar-refractivity contribution in [3.8, 4) is 0 Å². The van der Waals surface area contributed by atoms with Crippen molar-refractivity contribution >= 4 is 39.2 Å². The first-order valence-electron chi connectivity index (χ1n) is 5.92. The number of amides is 1. The summed E-state index contributed by atoms with van der Waals surface area (Å²) in [5.74, 6) is 0.0576. The summed E-state index contributed by atoms with van der Waals surface area (Å²) in [7, 11) is 0. The van der Waals surface area contributed by atoms with Gasteiger partial charge in [-0.1, -0.05) is 0 Å². The summed E-state index contributed by atoms with van der Waals surface area (Å²) in [6, 6.07) is 4.12. The zero-order valence-corrected chi connectivity index (χ0v) is 12.8. The number of thiophene rings is 1. The fourth-order valence-electron chi connectivity index (χ4n) is 1.88. The normalized spacial score (nSPS) is 24.7. The molecule has 1 aliphatic heterocycles. The molecule has 0 spiro atoms. The van der Waals surface area contributed by atoms with Gasteiger partial charge < -0.3 is 9.64 Å². The Morgan fingerprint density at radius 3 is 3.00 bits per heavy atom. The lowest BCUT2D eigenvalue weighted by atomic mass is 10.2. The molecule has 1 saturated heterocycles. The van der Waals surface area contributed by atoms with E-state index < -0.39 is 0 Å². The largest absolute Gasteiger partial charge is 0.375 e. The molecule has 2 heterocycles. The SMILES string of the molecule is CC1CN(C(=O)/C=C/c2ccc(Br)s2)C(C)CO1. The van der Waals surface area contributed by atoms with E-state index in [-0.39, 0.29) is 18.1 Å². The number of halogens is 1. The van der Waals surface area contributed by atoms with Crippen LogP contribution in [0, 0.1) is 0 Å². The van der Waals surface area contributed by atoms with Gasteiger partial charge in [0, 0.05) is 17.5 Å². The Hall–Kier alpha value is -0.650. The van der Waals surface area contributed by atoms with Gasteiger partial charge >= 0.3 is 0 Å². The van der Waals surface area contributed by atoms with Gasteiger partial charge in [0.05, 0.1) is 22.5 Å². The second-order valence-corrected chi connectivity index (χ2v) is 6.95. The summed E-state index contributed by atoms with van der Waals surface area (Å²) in [6.07, 6.45) is 3.63. The van der Waals surface area contributed by atoms with Crippen molar-refractivity contribution in [1.82, 2.24) is 4.90 Å². The van der Waals surface area contributed by atoms with Crippen molar-refractivity contribution in [2.45, 2.75) is 26.0 Å². The van der Waals surface area contributed by atoms with Crippen LogP contribution < -0.4 is 0 Å². The van der Waals surface area contributed by atoms with E-state index in [4.69, 9.17) is 4.74 Å². The average Bonchev–Trinajstić information content (AvgIpc) is 2.75. The highest BCUT2D eigenvalue weighted by atomic mass is 79.9. The first-order chi connectivity index (χ1) is 8.56. The van der Waals surface area contributed by atoms with E-state index in [0.717, 1.165) is 8.66 Å². The minimum atomic E-state index is 0.0576. The van der Waals surface area contributed by atoms with Crippen LogP contribution in [0.15, 0.2) is 22.0 Å². The monoisotopic (exact) mass is 329 g/mol. The molecule has 0 radical (unpaired) electrons. The van der Waals surface area contributed by atoms with Crippen molar-refractivity contribution in [3.05, 3.63) is 26.9 Å². The fourth-order valence-corrected chi connectivity index (χ4v) is 3.20. The maximum Gasteiger partial charge on any atom is 0.247 e. The molecular formula is C13H16BrNO2S. The highest BCUT2D eigenvalue weighted by Gasteiger charge is 2.25.